The molecule has 3 rings (SSSR count). The molecule has 0 bridgehead atoms. The molecule has 1 aliphatic heterocycles. The highest BCUT2D eigenvalue weighted by atomic mass is 127. The predicted molar refractivity (Wildman–Crippen MR) is 121 cm³/mol. The van der Waals surface area contributed by atoms with Crippen molar-refractivity contribution in [1.82, 2.24) is 10.6 Å². The second-order valence-corrected chi connectivity index (χ2v) is 6.92. The minimum atomic E-state index is 0. The summed E-state index contributed by atoms with van der Waals surface area (Å²) in [5.41, 5.74) is 2.61. The lowest BCUT2D eigenvalue weighted by molar-refractivity contribution is 0.153. The van der Waals surface area contributed by atoms with Crippen LogP contribution in [0.5, 0.6) is 5.75 Å². The van der Waals surface area contributed by atoms with Gasteiger partial charge in [0, 0.05) is 18.7 Å². The van der Waals surface area contributed by atoms with E-state index < -0.39 is 0 Å². The number of para-hydroxylation sites is 1. The van der Waals surface area contributed by atoms with Gasteiger partial charge in [-0.1, -0.05) is 29.8 Å². The molecule has 1 heterocycles. The molecule has 0 aromatic heterocycles. The fourth-order valence-electron chi connectivity index (χ4n) is 2.91. The number of halogens is 1. The number of hydrogen-bond donors (Lipinski definition) is 2. The van der Waals surface area contributed by atoms with E-state index in [2.05, 4.69) is 29.7 Å². The van der Waals surface area contributed by atoms with E-state index in [4.69, 9.17) is 14.5 Å². The maximum Gasteiger partial charge on any atom is 0.191 e. The molecule has 0 spiro atoms. The minimum Gasteiger partial charge on any atom is -0.493 e. The van der Waals surface area contributed by atoms with Crippen molar-refractivity contribution in [1.29, 1.82) is 0 Å². The van der Waals surface area contributed by atoms with E-state index in [0.717, 1.165) is 68.9 Å². The van der Waals surface area contributed by atoms with Gasteiger partial charge in [0.1, 0.15) is 5.75 Å². The van der Waals surface area contributed by atoms with Crippen LogP contribution in [0, 0.1) is 5.92 Å². The third-order valence-corrected chi connectivity index (χ3v) is 4.69. The van der Waals surface area contributed by atoms with Gasteiger partial charge < -0.3 is 20.1 Å². The fourth-order valence-corrected chi connectivity index (χ4v) is 2.91. The van der Waals surface area contributed by atoms with Crippen molar-refractivity contribution >= 4 is 29.9 Å². The lowest BCUT2D eigenvalue weighted by Gasteiger charge is -2.16. The van der Waals surface area contributed by atoms with E-state index in [1.165, 1.54) is 18.4 Å². The number of hydrogen-bond acceptors (Lipinski definition) is 3. The highest BCUT2D eigenvalue weighted by molar-refractivity contribution is 14.0. The van der Waals surface area contributed by atoms with Crippen LogP contribution in [-0.2, 0) is 11.3 Å². The first-order valence-corrected chi connectivity index (χ1v) is 9.83. The quantitative estimate of drug-likeness (QED) is 0.241. The van der Waals surface area contributed by atoms with Gasteiger partial charge in [0.25, 0.3) is 0 Å². The molecule has 0 saturated heterocycles. The third kappa shape index (κ3) is 8.09. The van der Waals surface area contributed by atoms with E-state index in [1.807, 2.05) is 18.2 Å². The molecule has 6 heteroatoms. The number of nitrogens with zero attached hydrogens (tertiary/aromatic N) is 1. The van der Waals surface area contributed by atoms with Gasteiger partial charge >= 0.3 is 0 Å². The van der Waals surface area contributed by atoms with Crippen LogP contribution in [0.25, 0.3) is 0 Å². The summed E-state index contributed by atoms with van der Waals surface area (Å²) >= 11 is 0. The standard InChI is InChI=1S/C21H31N3O2.HI/c1-2-22-21(23-12-9-17-10-13-25-14-11-17)24-15-19-5-3-4-6-20(19)26-16-18-7-8-18;/h3-6,10,18H,2,7-9,11-16H2,1H3,(H2,22,23,24);1H. The summed E-state index contributed by atoms with van der Waals surface area (Å²) in [6.45, 7) is 6.87. The zero-order valence-electron chi connectivity index (χ0n) is 16.2. The Morgan fingerprint density at radius 3 is 2.85 bits per heavy atom. The lowest BCUT2D eigenvalue weighted by atomic mass is 10.1. The summed E-state index contributed by atoms with van der Waals surface area (Å²) < 4.78 is 11.3. The van der Waals surface area contributed by atoms with Gasteiger partial charge in [0.05, 0.1) is 26.4 Å². The average Bonchev–Trinajstić information content (AvgIpc) is 3.50. The molecule has 1 saturated carbocycles. The average molecular weight is 485 g/mol. The molecule has 2 aliphatic rings. The zero-order valence-corrected chi connectivity index (χ0v) is 18.5. The van der Waals surface area contributed by atoms with Gasteiger partial charge in [-0.15, -0.1) is 24.0 Å². The van der Waals surface area contributed by atoms with Crippen LogP contribution in [0.1, 0.15) is 38.2 Å². The van der Waals surface area contributed by atoms with Crippen LogP contribution >= 0.6 is 24.0 Å². The normalized spacial score (nSPS) is 16.9. The molecule has 27 heavy (non-hydrogen) atoms. The first-order valence-electron chi connectivity index (χ1n) is 9.83. The van der Waals surface area contributed by atoms with Gasteiger partial charge in [0.15, 0.2) is 5.96 Å². The second kappa shape index (κ2) is 12.2. The van der Waals surface area contributed by atoms with Gasteiger partial charge in [-0.3, -0.25) is 0 Å². The Kier molecular flexibility index (Phi) is 9.97. The molecule has 5 nitrogen and oxygen atoms in total. The maximum absolute atomic E-state index is 5.98. The smallest absolute Gasteiger partial charge is 0.191 e. The van der Waals surface area contributed by atoms with Gasteiger partial charge in [-0.2, -0.15) is 0 Å². The first kappa shape index (κ1) is 22.0. The molecular weight excluding hydrogens is 453 g/mol. The van der Waals surface area contributed by atoms with E-state index >= 15 is 0 Å². The van der Waals surface area contributed by atoms with Gasteiger partial charge in [0.2, 0.25) is 0 Å². The zero-order chi connectivity index (χ0) is 18.0. The van der Waals surface area contributed by atoms with Crippen molar-refractivity contribution < 1.29 is 9.47 Å². The summed E-state index contributed by atoms with van der Waals surface area (Å²) in [4.78, 5) is 4.74. The van der Waals surface area contributed by atoms with E-state index in [0.29, 0.717) is 6.54 Å². The summed E-state index contributed by atoms with van der Waals surface area (Å²) in [5, 5.41) is 6.76. The Balaban J connectivity index is 0.00000261. The van der Waals surface area contributed by atoms with Crippen molar-refractivity contribution in [3.05, 3.63) is 41.5 Å². The molecule has 0 unspecified atom stereocenters. The maximum atomic E-state index is 5.98. The van der Waals surface area contributed by atoms with Crippen LogP contribution in [0.2, 0.25) is 0 Å². The predicted octanol–water partition coefficient (Wildman–Crippen LogP) is 3.89. The highest BCUT2D eigenvalue weighted by Gasteiger charge is 2.22. The van der Waals surface area contributed by atoms with Crippen LogP contribution in [-0.4, -0.2) is 38.9 Å². The molecule has 1 aromatic carbocycles. The van der Waals surface area contributed by atoms with Gasteiger partial charge in [-0.05, 0) is 44.6 Å². The summed E-state index contributed by atoms with van der Waals surface area (Å²) in [6, 6.07) is 8.22. The monoisotopic (exact) mass is 485 g/mol. The highest BCUT2D eigenvalue weighted by Crippen LogP contribution is 2.30. The van der Waals surface area contributed by atoms with E-state index in [1.54, 1.807) is 0 Å². The number of ether oxygens (including phenoxy) is 2. The number of benzene rings is 1. The van der Waals surface area contributed by atoms with Crippen LogP contribution < -0.4 is 15.4 Å². The Bertz CT molecular complexity index is 630. The number of aliphatic imine (C=N–C) groups is 1. The molecule has 150 valence electrons. The number of guanidine groups is 1. The summed E-state index contributed by atoms with van der Waals surface area (Å²) in [7, 11) is 0. The Morgan fingerprint density at radius 1 is 1.26 bits per heavy atom. The second-order valence-electron chi connectivity index (χ2n) is 6.92. The number of rotatable bonds is 9. The first-order chi connectivity index (χ1) is 12.8. The van der Waals surface area contributed by atoms with Crippen molar-refractivity contribution in [2.24, 2.45) is 10.9 Å². The van der Waals surface area contributed by atoms with Crippen molar-refractivity contribution in [2.75, 3.05) is 32.9 Å². The SMILES string of the molecule is CCNC(=NCc1ccccc1OCC1CC1)NCCC1=CCOCC1.I. The third-order valence-electron chi connectivity index (χ3n) is 4.69. The topological polar surface area (TPSA) is 54.9 Å². The Hall–Kier alpha value is -1.28. The van der Waals surface area contributed by atoms with E-state index in [9.17, 15) is 0 Å². The van der Waals surface area contributed by atoms with Crippen LogP contribution in [0.3, 0.4) is 0 Å². The molecule has 1 fully saturated rings. The molecular formula is C21H32IN3O2. The van der Waals surface area contributed by atoms with Crippen LogP contribution in [0.15, 0.2) is 40.9 Å². The lowest BCUT2D eigenvalue weighted by Crippen LogP contribution is -2.38. The van der Waals surface area contributed by atoms with Crippen molar-refractivity contribution in [3.8, 4) is 5.75 Å². The molecule has 0 radical (unpaired) electrons. The summed E-state index contributed by atoms with van der Waals surface area (Å²) in [5.74, 6) is 2.58. The van der Waals surface area contributed by atoms with Crippen molar-refractivity contribution in [2.45, 2.75) is 39.2 Å². The molecule has 1 aliphatic carbocycles. The summed E-state index contributed by atoms with van der Waals surface area (Å²) in [6.07, 6.45) is 6.88. The van der Waals surface area contributed by atoms with Crippen LogP contribution in [0.4, 0.5) is 0 Å². The number of nitrogens with one attached hydrogen (secondary N) is 2. The minimum absolute atomic E-state index is 0. The van der Waals surface area contributed by atoms with Gasteiger partial charge in [-0.25, -0.2) is 4.99 Å². The molecule has 0 amide bonds. The largest absolute Gasteiger partial charge is 0.493 e. The van der Waals surface area contributed by atoms with E-state index in [-0.39, 0.29) is 24.0 Å². The molecule has 0 atom stereocenters. The molecule has 1 aromatic rings. The Morgan fingerprint density at radius 2 is 2.11 bits per heavy atom. The molecule has 2 N–H and O–H groups in total. The van der Waals surface area contributed by atoms with Crippen molar-refractivity contribution in [3.63, 3.8) is 0 Å². The Labute approximate surface area is 180 Å². The fraction of sp³-hybridized carbons (Fsp3) is 0.571.